The fourth-order valence-electron chi connectivity index (χ4n) is 2.95. The van der Waals surface area contributed by atoms with Gasteiger partial charge in [0.05, 0.1) is 17.8 Å². The summed E-state index contributed by atoms with van der Waals surface area (Å²) in [5.41, 5.74) is 1.42. The van der Waals surface area contributed by atoms with Gasteiger partial charge in [0.15, 0.2) is 11.6 Å². The molecule has 0 saturated carbocycles. The van der Waals surface area contributed by atoms with Gasteiger partial charge in [-0.05, 0) is 42.7 Å². The van der Waals surface area contributed by atoms with Crippen LogP contribution in [0.15, 0.2) is 36.4 Å². The molecule has 1 unspecified atom stereocenters. The lowest BCUT2D eigenvalue weighted by Crippen LogP contribution is -2.25. The number of anilines is 3. The van der Waals surface area contributed by atoms with Gasteiger partial charge in [-0.25, -0.2) is 0 Å². The van der Waals surface area contributed by atoms with Crippen LogP contribution in [0.25, 0.3) is 0 Å². The molecule has 1 aromatic carbocycles. The van der Waals surface area contributed by atoms with E-state index < -0.39 is 0 Å². The van der Waals surface area contributed by atoms with Crippen LogP contribution in [0.4, 0.5) is 17.3 Å². The van der Waals surface area contributed by atoms with Crippen LogP contribution in [0, 0.1) is 12.3 Å². The monoisotopic (exact) mass is 429 g/mol. The van der Waals surface area contributed by atoms with Crippen LogP contribution in [0.2, 0.25) is 0 Å². The molecule has 0 radical (unpaired) electrons. The number of carbonyl (C=O) groups excluding carboxylic acids is 1. The molecule has 0 fully saturated rings. The van der Waals surface area contributed by atoms with Crippen LogP contribution in [0.5, 0.6) is 0 Å². The molecule has 1 amide bonds. The van der Waals surface area contributed by atoms with Crippen molar-refractivity contribution in [3.63, 3.8) is 0 Å². The van der Waals surface area contributed by atoms with E-state index >= 15 is 0 Å². The first kappa shape index (κ1) is 21.3. The van der Waals surface area contributed by atoms with Crippen LogP contribution in [-0.4, -0.2) is 33.6 Å². The largest absolute Gasteiger partial charge is 0.358 e. The van der Waals surface area contributed by atoms with Crippen molar-refractivity contribution in [2.45, 2.75) is 33.7 Å². The highest BCUT2D eigenvalue weighted by Crippen LogP contribution is 2.40. The molecular formula is C21H27N5OS2. The molecular weight excluding hydrogens is 402 g/mol. The second-order valence-corrected chi connectivity index (χ2v) is 10.1. The Bertz CT molecular complexity index is 987. The first-order chi connectivity index (χ1) is 13.6. The third-order valence-corrected chi connectivity index (χ3v) is 6.05. The van der Waals surface area contributed by atoms with E-state index in [0.29, 0.717) is 17.2 Å². The van der Waals surface area contributed by atoms with Gasteiger partial charge in [0.2, 0.25) is 0 Å². The fourth-order valence-corrected chi connectivity index (χ4v) is 4.60. The molecule has 0 spiro atoms. The Morgan fingerprint density at radius 3 is 2.45 bits per heavy atom. The van der Waals surface area contributed by atoms with Gasteiger partial charge in [-0.3, -0.25) is 4.79 Å². The predicted octanol–water partition coefficient (Wildman–Crippen LogP) is 5.55. The number of thiophene rings is 1. The van der Waals surface area contributed by atoms with Crippen LogP contribution in [-0.2, 0) is 0 Å². The average molecular weight is 430 g/mol. The smallest absolute Gasteiger partial charge is 0.253 e. The number of aryl methyl sites for hydroxylation is 1. The summed E-state index contributed by atoms with van der Waals surface area (Å²) in [6.07, 6.45) is 0. The summed E-state index contributed by atoms with van der Waals surface area (Å²) in [6, 6.07) is 11.8. The zero-order valence-electron chi connectivity index (χ0n) is 17.6. The minimum absolute atomic E-state index is 0.00374. The summed E-state index contributed by atoms with van der Waals surface area (Å²) < 4.78 is 8.89. The van der Waals surface area contributed by atoms with Crippen molar-refractivity contribution < 1.29 is 4.79 Å². The number of nitrogens with zero attached hydrogens (tertiary/aromatic N) is 3. The maximum atomic E-state index is 12.2. The topological polar surface area (TPSA) is 70.1 Å². The molecule has 3 aromatic rings. The van der Waals surface area contributed by atoms with Crippen molar-refractivity contribution >= 4 is 46.3 Å². The van der Waals surface area contributed by atoms with Gasteiger partial charge in [0.25, 0.3) is 5.91 Å². The highest BCUT2D eigenvalue weighted by atomic mass is 32.1. The first-order valence-corrected chi connectivity index (χ1v) is 10.9. The lowest BCUT2D eigenvalue weighted by molar-refractivity contribution is 0.0827. The zero-order valence-corrected chi connectivity index (χ0v) is 19.2. The average Bonchev–Trinajstić information content (AvgIpc) is 3.27. The van der Waals surface area contributed by atoms with Gasteiger partial charge in [0, 0.05) is 35.1 Å². The predicted molar refractivity (Wildman–Crippen MR) is 123 cm³/mol. The standard InChI is InChI=1S/C21H27N5OS2/c1-13-10-11-16(28-13)17(21(2,3)4)23-19-18(24-29-25-19)22-15-9-7-8-14(12-15)20(27)26(5)6/h7-12,17H,1-6H3,(H,22,24)(H,23,25). The van der Waals surface area contributed by atoms with E-state index in [9.17, 15) is 4.79 Å². The number of nitrogens with one attached hydrogen (secondary N) is 2. The Kier molecular flexibility index (Phi) is 6.24. The third-order valence-electron chi connectivity index (χ3n) is 4.46. The highest BCUT2D eigenvalue weighted by molar-refractivity contribution is 7.12. The molecule has 6 nitrogen and oxygen atoms in total. The SMILES string of the molecule is Cc1ccc(C(Nc2nsnc2Nc2cccc(C(=O)N(C)C)c2)C(C)(C)C)s1. The summed E-state index contributed by atoms with van der Waals surface area (Å²) in [4.78, 5) is 16.4. The molecule has 0 bridgehead atoms. The Balaban J connectivity index is 1.84. The lowest BCUT2D eigenvalue weighted by atomic mass is 9.86. The van der Waals surface area contributed by atoms with E-state index in [4.69, 9.17) is 0 Å². The van der Waals surface area contributed by atoms with Crippen molar-refractivity contribution in [3.05, 3.63) is 51.7 Å². The third kappa shape index (κ3) is 5.13. The number of hydrogen-bond acceptors (Lipinski definition) is 7. The molecule has 2 aromatic heterocycles. The minimum Gasteiger partial charge on any atom is -0.358 e. The Hall–Kier alpha value is -2.45. The van der Waals surface area contributed by atoms with Crippen LogP contribution >= 0.6 is 23.1 Å². The molecule has 1 atom stereocenters. The molecule has 29 heavy (non-hydrogen) atoms. The van der Waals surface area contributed by atoms with Crippen LogP contribution in [0.3, 0.4) is 0 Å². The van der Waals surface area contributed by atoms with E-state index in [0.717, 1.165) is 17.4 Å². The van der Waals surface area contributed by atoms with Gasteiger partial charge < -0.3 is 15.5 Å². The van der Waals surface area contributed by atoms with Crippen LogP contribution < -0.4 is 10.6 Å². The van der Waals surface area contributed by atoms with E-state index in [1.807, 2.05) is 18.2 Å². The van der Waals surface area contributed by atoms with Crippen molar-refractivity contribution in [2.24, 2.45) is 5.41 Å². The van der Waals surface area contributed by atoms with E-state index in [-0.39, 0.29) is 17.4 Å². The molecule has 8 heteroatoms. The van der Waals surface area contributed by atoms with Crippen molar-refractivity contribution in [3.8, 4) is 0 Å². The Morgan fingerprint density at radius 1 is 1.10 bits per heavy atom. The van der Waals surface area contributed by atoms with Gasteiger partial charge in [-0.1, -0.05) is 26.8 Å². The number of carbonyl (C=O) groups is 1. The van der Waals surface area contributed by atoms with Gasteiger partial charge >= 0.3 is 0 Å². The Morgan fingerprint density at radius 2 is 1.83 bits per heavy atom. The molecule has 3 rings (SSSR count). The maximum Gasteiger partial charge on any atom is 0.253 e. The second kappa shape index (κ2) is 8.51. The number of rotatable bonds is 6. The molecule has 0 aliphatic carbocycles. The lowest BCUT2D eigenvalue weighted by Gasteiger charge is -2.31. The second-order valence-electron chi connectivity index (χ2n) is 8.26. The maximum absolute atomic E-state index is 12.2. The summed E-state index contributed by atoms with van der Waals surface area (Å²) >= 11 is 2.95. The molecule has 0 aliphatic rings. The quantitative estimate of drug-likeness (QED) is 0.537. The molecule has 0 saturated heterocycles. The van der Waals surface area contributed by atoms with E-state index in [1.54, 1.807) is 36.4 Å². The summed E-state index contributed by atoms with van der Waals surface area (Å²) in [5.74, 6) is 1.33. The van der Waals surface area contributed by atoms with Crippen molar-refractivity contribution in [1.82, 2.24) is 13.6 Å². The normalized spacial score (nSPS) is 12.5. The summed E-state index contributed by atoms with van der Waals surface area (Å²) in [6.45, 7) is 8.75. The molecule has 2 heterocycles. The van der Waals surface area contributed by atoms with Crippen molar-refractivity contribution in [2.75, 3.05) is 24.7 Å². The number of hydrogen-bond donors (Lipinski definition) is 2. The van der Waals surface area contributed by atoms with Crippen molar-refractivity contribution in [1.29, 1.82) is 0 Å². The molecule has 154 valence electrons. The van der Waals surface area contributed by atoms with Crippen LogP contribution in [0.1, 0.15) is 46.9 Å². The summed E-state index contributed by atoms with van der Waals surface area (Å²) in [7, 11) is 3.49. The number of amides is 1. The van der Waals surface area contributed by atoms with Gasteiger partial charge in [-0.15, -0.1) is 11.3 Å². The number of benzene rings is 1. The molecule has 2 N–H and O–H groups in total. The zero-order chi connectivity index (χ0) is 21.2. The van der Waals surface area contributed by atoms with Gasteiger partial charge in [-0.2, -0.15) is 8.75 Å². The molecule has 0 aliphatic heterocycles. The fraction of sp³-hybridized carbons (Fsp3) is 0.381. The van der Waals surface area contributed by atoms with E-state index in [1.165, 1.54) is 9.75 Å². The minimum atomic E-state index is -0.0377. The Labute approximate surface area is 180 Å². The first-order valence-electron chi connectivity index (χ1n) is 9.39. The highest BCUT2D eigenvalue weighted by Gasteiger charge is 2.29. The van der Waals surface area contributed by atoms with E-state index in [2.05, 4.69) is 59.2 Å². The number of aromatic nitrogens is 2. The summed E-state index contributed by atoms with van der Waals surface area (Å²) in [5, 5.41) is 6.89. The van der Waals surface area contributed by atoms with Gasteiger partial charge in [0.1, 0.15) is 0 Å².